The highest BCUT2D eigenvalue weighted by atomic mass is 35.5. The number of nitrogens with zero attached hydrogens (tertiary/aromatic N) is 2. The molecule has 4 amide bonds. The van der Waals surface area contributed by atoms with Crippen LogP contribution < -0.4 is 21.3 Å². The van der Waals surface area contributed by atoms with Crippen LogP contribution in [-0.2, 0) is 0 Å². The van der Waals surface area contributed by atoms with Crippen molar-refractivity contribution in [3.05, 3.63) is 58.6 Å². The van der Waals surface area contributed by atoms with Gasteiger partial charge in [0.05, 0.1) is 0 Å². The number of rotatable bonds is 10. The zero-order valence-electron chi connectivity index (χ0n) is 19.2. The molecule has 2 aromatic rings. The fourth-order valence-electron chi connectivity index (χ4n) is 3.73. The van der Waals surface area contributed by atoms with Crippen molar-refractivity contribution >= 4 is 46.6 Å². The van der Waals surface area contributed by atoms with Gasteiger partial charge >= 0.3 is 12.1 Å². The van der Waals surface area contributed by atoms with Crippen molar-refractivity contribution in [3.63, 3.8) is 0 Å². The van der Waals surface area contributed by atoms with E-state index in [0.717, 1.165) is 52.1 Å². The highest BCUT2D eigenvalue weighted by Gasteiger charge is 2.16. The smallest absolute Gasteiger partial charge is 0.319 e. The standard InChI is InChI=1S/C24H32Cl2N6O2/c25-19-5-1-7-21(17-19)29-23(33)27-9-3-11-31-13-15-32(16-14-31)12-4-10-28-24(34)30-22-8-2-6-20(26)18-22/h1-2,5-8,17-18H,3-4,9-16H2,(H2,27,29,33)(H2,28,30,34). The molecule has 184 valence electrons. The lowest BCUT2D eigenvalue weighted by Gasteiger charge is -2.34. The maximum Gasteiger partial charge on any atom is 0.319 e. The van der Waals surface area contributed by atoms with E-state index in [1.165, 1.54) is 0 Å². The highest BCUT2D eigenvalue weighted by Crippen LogP contribution is 2.15. The molecule has 1 saturated heterocycles. The van der Waals surface area contributed by atoms with E-state index in [2.05, 4.69) is 31.1 Å². The first kappa shape index (κ1) is 26.1. The number of carbonyl (C=O) groups excluding carboxylic acids is 2. The molecule has 8 nitrogen and oxygen atoms in total. The summed E-state index contributed by atoms with van der Waals surface area (Å²) in [5, 5.41) is 12.5. The third-order valence-electron chi connectivity index (χ3n) is 5.50. The Labute approximate surface area is 211 Å². The van der Waals surface area contributed by atoms with Crippen LogP contribution in [0.15, 0.2) is 48.5 Å². The monoisotopic (exact) mass is 506 g/mol. The van der Waals surface area contributed by atoms with E-state index in [9.17, 15) is 9.59 Å². The van der Waals surface area contributed by atoms with Gasteiger partial charge in [0, 0.05) is 60.7 Å². The number of urea groups is 2. The molecule has 0 aliphatic carbocycles. The lowest BCUT2D eigenvalue weighted by molar-refractivity contribution is 0.130. The second-order valence-corrected chi connectivity index (χ2v) is 9.05. The Kier molecular flexibility index (Phi) is 10.8. The molecule has 0 spiro atoms. The molecule has 4 N–H and O–H groups in total. The highest BCUT2D eigenvalue weighted by molar-refractivity contribution is 6.31. The number of amides is 4. The molecular weight excluding hydrogens is 475 g/mol. The quantitative estimate of drug-likeness (QED) is 0.361. The average molecular weight is 507 g/mol. The molecule has 1 heterocycles. The van der Waals surface area contributed by atoms with E-state index in [4.69, 9.17) is 23.2 Å². The zero-order chi connectivity index (χ0) is 24.2. The molecule has 0 aromatic heterocycles. The number of nitrogens with one attached hydrogen (secondary N) is 4. The summed E-state index contributed by atoms with van der Waals surface area (Å²) < 4.78 is 0. The molecule has 10 heteroatoms. The Bertz CT molecular complexity index is 862. The lowest BCUT2D eigenvalue weighted by atomic mass is 10.2. The van der Waals surface area contributed by atoms with Crippen LogP contribution >= 0.6 is 23.2 Å². The fourth-order valence-corrected chi connectivity index (χ4v) is 4.11. The number of hydrogen-bond acceptors (Lipinski definition) is 4. The van der Waals surface area contributed by atoms with E-state index in [1.54, 1.807) is 48.5 Å². The third kappa shape index (κ3) is 9.77. The topological polar surface area (TPSA) is 88.7 Å². The van der Waals surface area contributed by atoms with Gasteiger partial charge in [0.15, 0.2) is 0 Å². The predicted molar refractivity (Wildman–Crippen MR) is 139 cm³/mol. The molecule has 0 radical (unpaired) electrons. The van der Waals surface area contributed by atoms with Crippen molar-refractivity contribution in [2.75, 3.05) is 63.0 Å². The van der Waals surface area contributed by atoms with Crippen molar-refractivity contribution < 1.29 is 9.59 Å². The minimum atomic E-state index is -0.220. The van der Waals surface area contributed by atoms with Crippen LogP contribution in [0.2, 0.25) is 10.0 Å². The minimum Gasteiger partial charge on any atom is -0.338 e. The first-order valence-corrected chi connectivity index (χ1v) is 12.3. The van der Waals surface area contributed by atoms with Gasteiger partial charge in [-0.25, -0.2) is 9.59 Å². The van der Waals surface area contributed by atoms with Gasteiger partial charge in [-0.15, -0.1) is 0 Å². The SMILES string of the molecule is O=C(NCCCN1CCN(CCCNC(=O)Nc2cccc(Cl)c2)CC1)Nc1cccc(Cl)c1. The molecule has 1 fully saturated rings. The Morgan fingerprint density at radius 1 is 0.706 bits per heavy atom. The van der Waals surface area contributed by atoms with Crippen LogP contribution in [0, 0.1) is 0 Å². The van der Waals surface area contributed by atoms with Gasteiger partial charge in [-0.2, -0.15) is 0 Å². The average Bonchev–Trinajstić information content (AvgIpc) is 2.80. The number of hydrogen-bond donors (Lipinski definition) is 4. The van der Waals surface area contributed by atoms with Gasteiger partial charge in [-0.3, -0.25) is 0 Å². The van der Waals surface area contributed by atoms with Gasteiger partial charge in [-0.05, 0) is 62.3 Å². The van der Waals surface area contributed by atoms with Gasteiger partial charge in [0.25, 0.3) is 0 Å². The molecule has 1 aliphatic heterocycles. The Balaban J connectivity index is 1.19. The summed E-state index contributed by atoms with van der Waals surface area (Å²) in [6.45, 7) is 7.20. The fraction of sp³-hybridized carbons (Fsp3) is 0.417. The Hall–Kier alpha value is -2.52. The number of halogens is 2. The lowest BCUT2D eigenvalue weighted by Crippen LogP contribution is -2.47. The number of anilines is 2. The largest absolute Gasteiger partial charge is 0.338 e. The van der Waals surface area contributed by atoms with Crippen molar-refractivity contribution in [3.8, 4) is 0 Å². The first-order valence-electron chi connectivity index (χ1n) is 11.5. The first-order chi connectivity index (χ1) is 16.5. The summed E-state index contributed by atoms with van der Waals surface area (Å²) in [6.07, 6.45) is 1.79. The molecule has 34 heavy (non-hydrogen) atoms. The van der Waals surface area contributed by atoms with Crippen molar-refractivity contribution in [1.29, 1.82) is 0 Å². The van der Waals surface area contributed by atoms with E-state index >= 15 is 0 Å². The predicted octanol–water partition coefficient (Wildman–Crippen LogP) is 4.33. The van der Waals surface area contributed by atoms with Crippen molar-refractivity contribution in [2.45, 2.75) is 12.8 Å². The van der Waals surface area contributed by atoms with Crippen LogP contribution in [0.1, 0.15) is 12.8 Å². The van der Waals surface area contributed by atoms with Crippen LogP contribution in [0.4, 0.5) is 21.0 Å². The van der Waals surface area contributed by atoms with Crippen LogP contribution in [0.3, 0.4) is 0 Å². The number of piperazine rings is 1. The van der Waals surface area contributed by atoms with Crippen LogP contribution in [0.5, 0.6) is 0 Å². The van der Waals surface area contributed by atoms with Crippen LogP contribution in [0.25, 0.3) is 0 Å². The number of carbonyl (C=O) groups is 2. The van der Waals surface area contributed by atoms with E-state index in [1.807, 2.05) is 0 Å². The summed E-state index contributed by atoms with van der Waals surface area (Å²) in [4.78, 5) is 28.8. The molecule has 0 saturated carbocycles. The normalized spacial score (nSPS) is 14.4. The maximum atomic E-state index is 12.0. The molecule has 1 aliphatic rings. The summed E-state index contributed by atoms with van der Waals surface area (Å²) in [5.41, 5.74) is 1.36. The molecule has 3 rings (SSSR count). The Morgan fingerprint density at radius 3 is 1.50 bits per heavy atom. The minimum absolute atomic E-state index is 0.220. The summed E-state index contributed by atoms with van der Waals surface area (Å²) >= 11 is 11.9. The van der Waals surface area contributed by atoms with Gasteiger partial charge in [0.2, 0.25) is 0 Å². The molecule has 0 atom stereocenters. The Morgan fingerprint density at radius 2 is 1.12 bits per heavy atom. The summed E-state index contributed by atoms with van der Waals surface area (Å²) in [7, 11) is 0. The van der Waals surface area contributed by atoms with E-state index < -0.39 is 0 Å². The zero-order valence-corrected chi connectivity index (χ0v) is 20.7. The van der Waals surface area contributed by atoms with Crippen molar-refractivity contribution in [2.24, 2.45) is 0 Å². The summed E-state index contributed by atoms with van der Waals surface area (Å²) in [5.74, 6) is 0. The van der Waals surface area contributed by atoms with E-state index in [0.29, 0.717) is 34.5 Å². The third-order valence-corrected chi connectivity index (χ3v) is 5.97. The second-order valence-electron chi connectivity index (χ2n) is 8.17. The second kappa shape index (κ2) is 14.0. The van der Waals surface area contributed by atoms with Gasteiger partial charge in [-0.1, -0.05) is 35.3 Å². The molecule has 0 unspecified atom stereocenters. The van der Waals surface area contributed by atoms with Crippen LogP contribution in [-0.4, -0.2) is 74.2 Å². The number of benzene rings is 2. The van der Waals surface area contributed by atoms with Gasteiger partial charge in [0.1, 0.15) is 0 Å². The maximum absolute atomic E-state index is 12.0. The van der Waals surface area contributed by atoms with Crippen molar-refractivity contribution in [1.82, 2.24) is 20.4 Å². The van der Waals surface area contributed by atoms with Gasteiger partial charge < -0.3 is 31.1 Å². The molecule has 0 bridgehead atoms. The van der Waals surface area contributed by atoms with E-state index in [-0.39, 0.29) is 12.1 Å². The summed E-state index contributed by atoms with van der Waals surface area (Å²) in [6, 6.07) is 13.7. The molecule has 2 aromatic carbocycles. The molecular formula is C24H32Cl2N6O2.